The van der Waals surface area contributed by atoms with Crippen molar-refractivity contribution in [2.24, 2.45) is 0 Å². The normalized spacial score (nSPS) is 10.5. The average Bonchev–Trinajstić information content (AvgIpc) is 2.53. The summed E-state index contributed by atoms with van der Waals surface area (Å²) in [4.78, 5) is 0. The Morgan fingerprint density at radius 2 is 0.727 bits per heavy atom. The van der Waals surface area contributed by atoms with Gasteiger partial charge in [-0.3, -0.25) is 0 Å². The molecule has 0 aliphatic rings. The van der Waals surface area contributed by atoms with Crippen molar-refractivity contribution in [1.82, 2.24) is 0 Å². The third-order valence-electron chi connectivity index (χ3n) is 4.07. The molecule has 0 saturated heterocycles. The zero-order valence-corrected chi connectivity index (χ0v) is 16.9. The van der Waals surface area contributed by atoms with Crippen LogP contribution in [0.1, 0.15) is 16.7 Å². The first kappa shape index (κ1) is 15.4. The molecule has 0 aromatic heterocycles. The first-order chi connectivity index (χ1) is 10.7. The van der Waals surface area contributed by atoms with E-state index in [2.05, 4.69) is 93.6 Å². The van der Waals surface area contributed by atoms with Crippen LogP contribution in [0.3, 0.4) is 0 Å². The van der Waals surface area contributed by atoms with E-state index in [0.29, 0.717) is 0 Å². The van der Waals surface area contributed by atoms with Gasteiger partial charge in [0.05, 0.1) is 0 Å². The molecule has 0 atom stereocenters. The van der Waals surface area contributed by atoms with Crippen LogP contribution in [-0.4, -0.2) is 21.8 Å². The van der Waals surface area contributed by atoms with Crippen LogP contribution >= 0.6 is 0 Å². The first-order valence-corrected chi connectivity index (χ1v) is 12.9. The van der Waals surface area contributed by atoms with E-state index in [1.807, 2.05) is 0 Å². The Bertz CT molecular complexity index is 681. The summed E-state index contributed by atoms with van der Waals surface area (Å²) in [5.74, 6) is 0. The van der Waals surface area contributed by atoms with Crippen molar-refractivity contribution < 1.29 is 0 Å². The van der Waals surface area contributed by atoms with Crippen LogP contribution in [0, 0.1) is 20.8 Å². The van der Waals surface area contributed by atoms with Gasteiger partial charge in [-0.2, -0.15) is 0 Å². The molecule has 1 heteroatoms. The van der Waals surface area contributed by atoms with Gasteiger partial charge in [-0.1, -0.05) is 0 Å². The second-order valence-corrected chi connectivity index (χ2v) is 13.9. The molecule has 0 nitrogen and oxygen atoms in total. The topological polar surface area (TPSA) is 0 Å². The first-order valence-electron chi connectivity index (χ1n) is 7.65. The average molecular weight is 482 g/mol. The van der Waals surface area contributed by atoms with Gasteiger partial charge in [0.25, 0.3) is 0 Å². The van der Waals surface area contributed by atoms with Gasteiger partial charge in [0, 0.05) is 0 Å². The molecule has 0 aliphatic carbocycles. The van der Waals surface area contributed by atoms with Gasteiger partial charge in [0.15, 0.2) is 0 Å². The van der Waals surface area contributed by atoms with E-state index < -0.39 is 21.8 Å². The van der Waals surface area contributed by atoms with Crippen molar-refractivity contribution in [3.63, 3.8) is 0 Å². The summed E-state index contributed by atoms with van der Waals surface area (Å²) >= 11 is -2.23. The summed E-state index contributed by atoms with van der Waals surface area (Å²) in [6.07, 6.45) is 0. The van der Waals surface area contributed by atoms with E-state index in [4.69, 9.17) is 0 Å². The molecule has 22 heavy (non-hydrogen) atoms. The predicted molar refractivity (Wildman–Crippen MR) is 98.2 cm³/mol. The summed E-state index contributed by atoms with van der Waals surface area (Å²) in [6.45, 7) is 6.77. The maximum atomic E-state index is 2.35. The van der Waals surface area contributed by atoms with E-state index in [9.17, 15) is 0 Å². The molecule has 0 fully saturated rings. The van der Waals surface area contributed by atoms with Crippen LogP contribution < -0.4 is 9.81 Å². The molecule has 0 saturated carbocycles. The van der Waals surface area contributed by atoms with Gasteiger partial charge >= 0.3 is 142 Å². The second kappa shape index (κ2) is 6.75. The third-order valence-corrected chi connectivity index (χ3v) is 15.5. The molecule has 3 rings (SSSR count). The molecule has 0 N–H and O–H groups in total. The zero-order chi connectivity index (χ0) is 15.5. The number of benzene rings is 3. The van der Waals surface area contributed by atoms with Gasteiger partial charge in [-0.15, -0.1) is 0 Å². The van der Waals surface area contributed by atoms with E-state index in [0.717, 1.165) is 0 Å². The van der Waals surface area contributed by atoms with Crippen molar-refractivity contribution in [2.45, 2.75) is 20.8 Å². The van der Waals surface area contributed by atoms with Gasteiger partial charge in [-0.25, -0.2) is 0 Å². The molecule has 0 unspecified atom stereocenters. The molecule has 3 aromatic rings. The number of hydrogen-bond acceptors (Lipinski definition) is 0. The Balaban J connectivity index is 2.27. The SMILES string of the molecule is Cc1cccc[c]1[Bi+2]([c]1ccccc1C)[c]1ccccc1C. The van der Waals surface area contributed by atoms with Gasteiger partial charge in [0.2, 0.25) is 0 Å². The van der Waals surface area contributed by atoms with E-state index in [1.165, 1.54) is 16.7 Å². The van der Waals surface area contributed by atoms with E-state index in [-0.39, 0.29) is 0 Å². The van der Waals surface area contributed by atoms with Crippen molar-refractivity contribution in [3.05, 3.63) is 89.5 Å². The summed E-state index contributed by atoms with van der Waals surface area (Å²) in [5.41, 5.74) is 4.31. The van der Waals surface area contributed by atoms with Crippen LogP contribution in [0.2, 0.25) is 0 Å². The summed E-state index contributed by atoms with van der Waals surface area (Å²) in [5, 5.41) is 0. The summed E-state index contributed by atoms with van der Waals surface area (Å²) in [7, 11) is 0. The number of rotatable bonds is 3. The Morgan fingerprint density at radius 3 is 1.00 bits per heavy atom. The fraction of sp³-hybridized carbons (Fsp3) is 0.143. The predicted octanol–water partition coefficient (Wildman–Crippen LogP) is 3.13. The van der Waals surface area contributed by atoms with Crippen molar-refractivity contribution in [2.75, 3.05) is 0 Å². The summed E-state index contributed by atoms with van der Waals surface area (Å²) in [6, 6.07) is 26.9. The monoisotopic (exact) mass is 482 g/mol. The minimum atomic E-state index is -2.23. The van der Waals surface area contributed by atoms with Crippen LogP contribution in [-0.2, 0) is 0 Å². The van der Waals surface area contributed by atoms with Crippen LogP contribution in [0.25, 0.3) is 0 Å². The van der Waals surface area contributed by atoms with Crippen molar-refractivity contribution >= 4 is 31.6 Å². The minimum absolute atomic E-state index is 1.44. The quantitative estimate of drug-likeness (QED) is 0.504. The van der Waals surface area contributed by atoms with Crippen molar-refractivity contribution in [3.8, 4) is 0 Å². The van der Waals surface area contributed by atoms with Gasteiger partial charge < -0.3 is 0 Å². The molecule has 0 amide bonds. The van der Waals surface area contributed by atoms with E-state index >= 15 is 0 Å². The molecule has 0 heterocycles. The molecule has 0 spiro atoms. The second-order valence-electron chi connectivity index (χ2n) is 5.69. The van der Waals surface area contributed by atoms with Crippen LogP contribution in [0.15, 0.2) is 72.8 Å². The Morgan fingerprint density at radius 1 is 0.455 bits per heavy atom. The molecule has 3 aromatic carbocycles. The standard InChI is InChI=1S/3C7H7.Bi/c3*1-7-5-3-2-4-6-7;/h3*2-5H,1H3;/q;;;+2. The van der Waals surface area contributed by atoms with Crippen LogP contribution in [0.4, 0.5) is 0 Å². The van der Waals surface area contributed by atoms with Crippen molar-refractivity contribution in [1.29, 1.82) is 0 Å². The Kier molecular flexibility index (Phi) is 4.74. The molecule has 0 bridgehead atoms. The fourth-order valence-electron chi connectivity index (χ4n) is 2.83. The Hall–Kier alpha value is -1.46. The van der Waals surface area contributed by atoms with Gasteiger partial charge in [0.1, 0.15) is 0 Å². The van der Waals surface area contributed by atoms with Gasteiger partial charge in [-0.05, 0) is 0 Å². The number of hydrogen-bond donors (Lipinski definition) is 0. The van der Waals surface area contributed by atoms with E-state index in [1.54, 1.807) is 9.81 Å². The molecular formula is C21H21Bi+2. The molecule has 0 aliphatic heterocycles. The Labute approximate surface area is 141 Å². The molecule has 108 valence electrons. The zero-order valence-electron chi connectivity index (χ0n) is 13.4. The molecular weight excluding hydrogens is 461 g/mol. The maximum absolute atomic E-state index is 2.35. The fourth-order valence-corrected chi connectivity index (χ4v) is 13.6. The van der Waals surface area contributed by atoms with Crippen LogP contribution in [0.5, 0.6) is 0 Å². The summed E-state index contributed by atoms with van der Waals surface area (Å²) < 4.78 is 4.79. The third kappa shape index (κ3) is 3.01. The molecule has 0 radical (unpaired) electrons. The number of aryl methyl sites for hydroxylation is 3.